The number of fused-ring (bicyclic) bond motifs is 1. The third-order valence-electron chi connectivity index (χ3n) is 3.17. The van der Waals surface area contributed by atoms with Crippen LogP contribution >= 0.6 is 23.2 Å². The zero-order valence-corrected chi connectivity index (χ0v) is 11.9. The van der Waals surface area contributed by atoms with Gasteiger partial charge in [-0.05, 0) is 13.0 Å². The van der Waals surface area contributed by atoms with Gasteiger partial charge in [0.05, 0.1) is 16.2 Å². The Morgan fingerprint density at radius 1 is 1.32 bits per heavy atom. The summed E-state index contributed by atoms with van der Waals surface area (Å²) in [6.07, 6.45) is 3.43. The number of rotatable bonds is 1. The van der Waals surface area contributed by atoms with Crippen LogP contribution in [0.15, 0.2) is 18.5 Å². The van der Waals surface area contributed by atoms with Crippen molar-refractivity contribution in [2.24, 2.45) is 7.05 Å². The molecule has 3 rings (SSSR count). The topological polar surface area (TPSA) is 61.1 Å². The molecule has 0 radical (unpaired) electrons. The normalized spacial score (nSPS) is 11.4. The van der Waals surface area contributed by atoms with Gasteiger partial charge in [0.25, 0.3) is 0 Å². The van der Waals surface area contributed by atoms with Crippen molar-refractivity contribution in [3.8, 4) is 11.3 Å². The van der Waals surface area contributed by atoms with Crippen LogP contribution in [0.5, 0.6) is 0 Å². The Hall–Kier alpha value is -1.72. The minimum Gasteiger partial charge on any atom is -0.383 e. The van der Waals surface area contributed by atoms with Gasteiger partial charge < -0.3 is 5.73 Å². The average Bonchev–Trinajstić information content (AvgIpc) is 2.83. The fourth-order valence-corrected chi connectivity index (χ4v) is 2.53. The molecule has 3 heterocycles. The molecule has 0 saturated carbocycles. The van der Waals surface area contributed by atoms with E-state index in [1.165, 1.54) is 0 Å². The molecule has 5 nitrogen and oxygen atoms in total. The van der Waals surface area contributed by atoms with Crippen LogP contribution in [0, 0.1) is 6.92 Å². The second-order valence-electron chi connectivity index (χ2n) is 4.31. The number of aryl methyl sites for hydroxylation is 1. The smallest absolute Gasteiger partial charge is 0.158 e. The Balaban J connectivity index is 2.34. The van der Waals surface area contributed by atoms with Crippen LogP contribution in [0.1, 0.15) is 5.69 Å². The van der Waals surface area contributed by atoms with Crippen molar-refractivity contribution in [2.45, 2.75) is 6.92 Å². The quantitative estimate of drug-likeness (QED) is 0.751. The number of pyridine rings is 1. The van der Waals surface area contributed by atoms with E-state index >= 15 is 0 Å². The van der Waals surface area contributed by atoms with Gasteiger partial charge in [-0.1, -0.05) is 23.2 Å². The zero-order chi connectivity index (χ0) is 13.7. The third-order valence-corrected chi connectivity index (χ3v) is 3.65. The maximum absolute atomic E-state index is 6.14. The first-order chi connectivity index (χ1) is 8.99. The highest BCUT2D eigenvalue weighted by atomic mass is 35.5. The van der Waals surface area contributed by atoms with E-state index in [1.54, 1.807) is 27.5 Å². The predicted octanol–water partition coefficient (Wildman–Crippen LogP) is 2.93. The van der Waals surface area contributed by atoms with Crippen LogP contribution in [-0.2, 0) is 7.05 Å². The van der Waals surface area contributed by atoms with Gasteiger partial charge >= 0.3 is 0 Å². The van der Waals surface area contributed by atoms with Crippen LogP contribution in [0.2, 0.25) is 10.0 Å². The summed E-state index contributed by atoms with van der Waals surface area (Å²) < 4.78 is 3.46. The summed E-state index contributed by atoms with van der Waals surface area (Å²) in [5.41, 5.74) is 9.25. The molecule has 3 aromatic rings. The summed E-state index contributed by atoms with van der Waals surface area (Å²) in [6.45, 7) is 1.96. The Morgan fingerprint density at radius 3 is 2.68 bits per heavy atom. The Morgan fingerprint density at radius 2 is 2.05 bits per heavy atom. The van der Waals surface area contributed by atoms with Gasteiger partial charge in [-0.25, -0.2) is 4.98 Å². The van der Waals surface area contributed by atoms with Crippen molar-refractivity contribution in [3.63, 3.8) is 0 Å². The minimum atomic E-state index is 0.465. The van der Waals surface area contributed by atoms with Gasteiger partial charge in [0.15, 0.2) is 5.65 Å². The molecule has 0 amide bonds. The fraction of sp³-hybridized carbons (Fsp3) is 0.167. The predicted molar refractivity (Wildman–Crippen MR) is 76.6 cm³/mol. The molecule has 0 atom stereocenters. The van der Waals surface area contributed by atoms with Crippen LogP contribution in [0.4, 0.5) is 5.82 Å². The van der Waals surface area contributed by atoms with Gasteiger partial charge in [-0.2, -0.15) is 5.10 Å². The second kappa shape index (κ2) is 4.15. The lowest BCUT2D eigenvalue weighted by Crippen LogP contribution is -1.96. The van der Waals surface area contributed by atoms with E-state index < -0.39 is 0 Å². The zero-order valence-electron chi connectivity index (χ0n) is 10.4. The van der Waals surface area contributed by atoms with E-state index in [4.69, 9.17) is 28.9 Å². The van der Waals surface area contributed by atoms with Gasteiger partial charge in [0.2, 0.25) is 0 Å². The van der Waals surface area contributed by atoms with Crippen molar-refractivity contribution in [3.05, 3.63) is 34.2 Å². The SMILES string of the molecule is Cc1c(-c2nc3c(Cl)cc(Cl)cn3c2N)cnn1C. The monoisotopic (exact) mass is 295 g/mol. The van der Waals surface area contributed by atoms with Crippen molar-refractivity contribution in [1.29, 1.82) is 0 Å². The molecule has 0 aliphatic heterocycles. The van der Waals surface area contributed by atoms with Gasteiger partial charge in [-0.3, -0.25) is 9.08 Å². The highest BCUT2D eigenvalue weighted by Crippen LogP contribution is 2.32. The van der Waals surface area contributed by atoms with Crippen molar-refractivity contribution < 1.29 is 0 Å². The molecule has 0 spiro atoms. The number of aromatic nitrogens is 4. The first-order valence-electron chi connectivity index (χ1n) is 5.60. The molecule has 0 aromatic carbocycles. The molecular weight excluding hydrogens is 285 g/mol. The first kappa shape index (κ1) is 12.3. The molecule has 0 aliphatic rings. The van der Waals surface area contributed by atoms with Crippen molar-refractivity contribution in [1.82, 2.24) is 19.2 Å². The molecule has 7 heteroatoms. The summed E-state index contributed by atoms with van der Waals surface area (Å²) in [4.78, 5) is 4.49. The molecule has 0 unspecified atom stereocenters. The lowest BCUT2D eigenvalue weighted by atomic mass is 10.2. The van der Waals surface area contributed by atoms with E-state index in [0.717, 1.165) is 11.3 Å². The van der Waals surface area contributed by atoms with E-state index in [0.29, 0.717) is 27.2 Å². The Labute approximate surface area is 119 Å². The molecular formula is C12H11Cl2N5. The van der Waals surface area contributed by atoms with Crippen LogP contribution in [-0.4, -0.2) is 19.2 Å². The average molecular weight is 296 g/mol. The number of anilines is 1. The number of hydrogen-bond donors (Lipinski definition) is 1. The maximum Gasteiger partial charge on any atom is 0.158 e. The molecule has 3 aromatic heterocycles. The van der Waals surface area contributed by atoms with E-state index in [2.05, 4.69) is 10.1 Å². The molecule has 0 aliphatic carbocycles. The number of nitrogen functional groups attached to an aromatic ring is 1. The fourth-order valence-electron chi connectivity index (χ4n) is 2.02. The van der Waals surface area contributed by atoms with Gasteiger partial charge in [0.1, 0.15) is 11.5 Å². The third kappa shape index (κ3) is 1.77. The highest BCUT2D eigenvalue weighted by Gasteiger charge is 2.17. The number of nitrogens with zero attached hydrogens (tertiary/aromatic N) is 4. The van der Waals surface area contributed by atoms with Crippen molar-refractivity contribution >= 4 is 34.7 Å². The number of imidazole rings is 1. The Kier molecular flexibility index (Phi) is 2.69. The largest absolute Gasteiger partial charge is 0.383 e. The summed E-state index contributed by atoms with van der Waals surface area (Å²) in [6, 6.07) is 1.64. The number of halogens is 2. The number of nitrogens with two attached hydrogens (primary N) is 1. The summed E-state index contributed by atoms with van der Waals surface area (Å²) in [7, 11) is 1.87. The molecule has 0 fully saturated rings. The lowest BCUT2D eigenvalue weighted by molar-refractivity contribution is 0.740. The molecule has 2 N–H and O–H groups in total. The molecule has 0 saturated heterocycles. The van der Waals surface area contributed by atoms with E-state index in [9.17, 15) is 0 Å². The maximum atomic E-state index is 6.14. The molecule has 98 valence electrons. The van der Waals surface area contributed by atoms with Gasteiger partial charge in [-0.15, -0.1) is 0 Å². The van der Waals surface area contributed by atoms with Crippen LogP contribution < -0.4 is 5.73 Å². The molecule has 19 heavy (non-hydrogen) atoms. The van der Waals surface area contributed by atoms with Crippen LogP contribution in [0.3, 0.4) is 0 Å². The summed E-state index contributed by atoms with van der Waals surface area (Å²) in [5, 5.41) is 5.17. The summed E-state index contributed by atoms with van der Waals surface area (Å²) >= 11 is 12.1. The van der Waals surface area contributed by atoms with Crippen molar-refractivity contribution in [2.75, 3.05) is 5.73 Å². The summed E-state index contributed by atoms with van der Waals surface area (Å²) in [5.74, 6) is 0.496. The Bertz CT molecular complexity index is 787. The lowest BCUT2D eigenvalue weighted by Gasteiger charge is -2.00. The second-order valence-corrected chi connectivity index (χ2v) is 5.16. The minimum absolute atomic E-state index is 0.465. The first-order valence-corrected chi connectivity index (χ1v) is 6.36. The standard InChI is InChI=1S/C12H11Cl2N5/c1-6-8(4-16-18(6)2)10-11(15)19-5-7(13)3-9(14)12(19)17-10/h3-5H,15H2,1-2H3. The van der Waals surface area contributed by atoms with Crippen LogP contribution in [0.25, 0.3) is 16.9 Å². The van der Waals surface area contributed by atoms with Gasteiger partial charge in [0, 0.05) is 24.5 Å². The molecule has 0 bridgehead atoms. The number of hydrogen-bond acceptors (Lipinski definition) is 3. The highest BCUT2D eigenvalue weighted by molar-refractivity contribution is 6.36. The van der Waals surface area contributed by atoms with E-state index in [1.807, 2.05) is 14.0 Å². The van der Waals surface area contributed by atoms with E-state index in [-0.39, 0.29) is 0 Å².